The van der Waals surface area contributed by atoms with E-state index in [0.717, 1.165) is 12.2 Å². The van der Waals surface area contributed by atoms with Crippen molar-refractivity contribution in [3.05, 3.63) is 59.3 Å². The molecule has 0 heterocycles. The molecule has 0 bridgehead atoms. The van der Waals surface area contributed by atoms with Gasteiger partial charge in [-0.1, -0.05) is 87.6 Å². The summed E-state index contributed by atoms with van der Waals surface area (Å²) in [5, 5.41) is 3.02. The number of para-hydroxylation sites is 1. The fraction of sp³-hybridized carbons (Fsp3) is 0.429. The summed E-state index contributed by atoms with van der Waals surface area (Å²) < 4.78 is 6.20. The summed E-state index contributed by atoms with van der Waals surface area (Å²) >= 11 is 0. The molecular weight excluding hydrogens is 296 g/mol. The summed E-state index contributed by atoms with van der Waals surface area (Å²) in [6.45, 7) is 18.3. The van der Waals surface area contributed by atoms with Crippen molar-refractivity contribution in [3.63, 3.8) is 0 Å². The zero-order valence-electron chi connectivity index (χ0n) is 15.5. The van der Waals surface area contributed by atoms with Gasteiger partial charge >= 0.3 is 0 Å². The van der Waals surface area contributed by atoms with Crippen LogP contribution in [0.5, 0.6) is 5.75 Å². The van der Waals surface area contributed by atoms with E-state index in [2.05, 4.69) is 77.7 Å². The third-order valence-corrected chi connectivity index (χ3v) is 8.61. The molecule has 0 spiro atoms. The van der Waals surface area contributed by atoms with Gasteiger partial charge in [0.1, 0.15) is 20.4 Å². The number of ether oxygens (including phenoxy) is 1. The summed E-state index contributed by atoms with van der Waals surface area (Å²) in [5.74, 6) is 1.09. The van der Waals surface area contributed by atoms with Gasteiger partial charge in [0.2, 0.25) is 0 Å². The van der Waals surface area contributed by atoms with Crippen molar-refractivity contribution in [3.8, 4) is 5.75 Å². The molecule has 2 heteroatoms. The van der Waals surface area contributed by atoms with Crippen LogP contribution in [0.2, 0.25) is 13.1 Å². The summed E-state index contributed by atoms with van der Waals surface area (Å²) in [6, 6.07) is 6.68. The summed E-state index contributed by atoms with van der Waals surface area (Å²) in [6.07, 6.45) is 7.48. The van der Waals surface area contributed by atoms with Crippen LogP contribution < -0.4 is 9.92 Å². The van der Waals surface area contributed by atoms with Crippen LogP contribution in [-0.4, -0.2) is 14.7 Å². The Hall–Kier alpha value is -1.54. The van der Waals surface area contributed by atoms with Crippen molar-refractivity contribution < 1.29 is 4.74 Å². The van der Waals surface area contributed by atoms with E-state index in [4.69, 9.17) is 4.74 Å². The van der Waals surface area contributed by atoms with Crippen molar-refractivity contribution in [1.29, 1.82) is 0 Å². The predicted octanol–water partition coefficient (Wildman–Crippen LogP) is 5.28. The van der Waals surface area contributed by atoms with Crippen LogP contribution in [0.3, 0.4) is 0 Å². The van der Waals surface area contributed by atoms with Gasteiger partial charge in [-0.25, -0.2) is 0 Å². The molecule has 2 rings (SSSR count). The van der Waals surface area contributed by atoms with Crippen LogP contribution in [0.15, 0.2) is 53.8 Å². The van der Waals surface area contributed by atoms with E-state index in [1.54, 1.807) is 5.20 Å². The second-order valence-corrected chi connectivity index (χ2v) is 12.3. The van der Waals surface area contributed by atoms with E-state index in [9.17, 15) is 0 Å². The minimum atomic E-state index is -1.76. The second-order valence-electron chi connectivity index (χ2n) is 7.92. The normalized spacial score (nSPS) is 15.2. The summed E-state index contributed by atoms with van der Waals surface area (Å²) in [4.78, 5) is 0. The lowest BCUT2D eigenvalue weighted by Gasteiger charge is -2.32. The van der Waals surface area contributed by atoms with Gasteiger partial charge < -0.3 is 4.74 Å². The molecule has 0 N–H and O–H groups in total. The molecule has 1 aliphatic rings. The minimum Gasteiger partial charge on any atom is -0.489 e. The maximum absolute atomic E-state index is 6.20. The maximum Gasteiger partial charge on any atom is 0.123 e. The van der Waals surface area contributed by atoms with Crippen LogP contribution in [0, 0.1) is 0 Å². The molecule has 0 fully saturated rings. The number of hydrogen-bond acceptors (Lipinski definition) is 1. The highest BCUT2D eigenvalue weighted by atomic mass is 28.3. The molecule has 0 unspecified atom stereocenters. The van der Waals surface area contributed by atoms with Crippen molar-refractivity contribution in [2.75, 3.05) is 6.61 Å². The van der Waals surface area contributed by atoms with Crippen molar-refractivity contribution in [2.24, 2.45) is 0 Å². The maximum atomic E-state index is 6.20. The first-order valence-corrected chi connectivity index (χ1v) is 11.4. The zero-order chi connectivity index (χ0) is 17.3. The van der Waals surface area contributed by atoms with Gasteiger partial charge in [0.25, 0.3) is 0 Å². The Kier molecular flexibility index (Phi) is 5.05. The summed E-state index contributed by atoms with van der Waals surface area (Å²) in [5.41, 5.74) is 2.80. The molecule has 0 amide bonds. The van der Waals surface area contributed by atoms with Crippen LogP contribution >= 0.6 is 0 Å². The van der Waals surface area contributed by atoms with E-state index >= 15 is 0 Å². The van der Waals surface area contributed by atoms with Gasteiger partial charge in [0.05, 0.1) is 0 Å². The van der Waals surface area contributed by atoms with Gasteiger partial charge in [-0.05, 0) is 29.5 Å². The van der Waals surface area contributed by atoms with E-state index in [1.165, 1.54) is 16.3 Å². The van der Waals surface area contributed by atoms with Gasteiger partial charge in [-0.3, -0.25) is 0 Å². The van der Waals surface area contributed by atoms with Crippen LogP contribution in [-0.2, 0) is 5.41 Å². The highest BCUT2D eigenvalue weighted by Gasteiger charge is 2.35. The molecule has 1 aromatic rings. The third kappa shape index (κ3) is 3.53. The average Bonchev–Trinajstić information content (AvgIpc) is 2.90. The molecule has 0 radical (unpaired) electrons. The van der Waals surface area contributed by atoms with Gasteiger partial charge in [-0.2, -0.15) is 0 Å². The van der Waals surface area contributed by atoms with Crippen LogP contribution in [0.4, 0.5) is 0 Å². The van der Waals surface area contributed by atoms with Gasteiger partial charge in [0.15, 0.2) is 0 Å². The van der Waals surface area contributed by atoms with E-state index in [-0.39, 0.29) is 5.41 Å². The fourth-order valence-electron chi connectivity index (χ4n) is 3.44. The molecular formula is C21H30OSi. The fourth-order valence-corrected chi connectivity index (χ4v) is 6.75. The van der Waals surface area contributed by atoms with E-state index in [1.807, 2.05) is 6.08 Å². The van der Waals surface area contributed by atoms with Crippen molar-refractivity contribution in [1.82, 2.24) is 0 Å². The number of allylic oxidation sites excluding steroid dienone is 4. The Bertz CT molecular complexity index is 657. The molecule has 23 heavy (non-hydrogen) atoms. The average molecular weight is 327 g/mol. The number of benzene rings is 1. The highest BCUT2D eigenvalue weighted by molar-refractivity contribution is 6.96. The molecule has 0 saturated heterocycles. The molecule has 0 aromatic heterocycles. The Morgan fingerprint density at radius 2 is 1.96 bits per heavy atom. The minimum absolute atomic E-state index is 0.0638. The molecule has 0 aliphatic heterocycles. The number of hydrogen-bond donors (Lipinski definition) is 0. The number of rotatable bonds is 5. The van der Waals surface area contributed by atoms with Crippen LogP contribution in [0.25, 0.3) is 0 Å². The molecule has 1 aromatic carbocycles. The third-order valence-electron chi connectivity index (χ3n) is 4.76. The molecule has 0 atom stereocenters. The first-order chi connectivity index (χ1) is 10.7. The Morgan fingerprint density at radius 3 is 2.48 bits per heavy atom. The lowest BCUT2D eigenvalue weighted by Crippen LogP contribution is -2.45. The lowest BCUT2D eigenvalue weighted by molar-refractivity contribution is 0.354. The Morgan fingerprint density at radius 1 is 1.26 bits per heavy atom. The monoisotopic (exact) mass is 326 g/mol. The molecule has 124 valence electrons. The van der Waals surface area contributed by atoms with E-state index < -0.39 is 8.07 Å². The quantitative estimate of drug-likeness (QED) is 0.528. The molecule has 1 aliphatic carbocycles. The standard InChI is InChI=1S/C21H30OSi/c1-8-15-22-20-17(21(3,4)5)12-10-14-19(20)23(6,7)18-13-9-11-16(18)2/h8-12,14H,1,13,15H2,2-7H3. The van der Waals surface area contributed by atoms with Gasteiger partial charge in [-0.15, -0.1) is 0 Å². The lowest BCUT2D eigenvalue weighted by atomic mass is 9.86. The SMILES string of the molecule is C=CCOc1c(C(C)(C)C)cccc1[Si](C)(C)C1=C(C)C=CC1. The molecule has 0 saturated carbocycles. The topological polar surface area (TPSA) is 9.23 Å². The second kappa shape index (κ2) is 6.52. The summed E-state index contributed by atoms with van der Waals surface area (Å²) in [7, 11) is -1.76. The highest BCUT2D eigenvalue weighted by Crippen LogP contribution is 2.35. The Balaban J connectivity index is 2.62. The van der Waals surface area contributed by atoms with Gasteiger partial charge in [0, 0.05) is 0 Å². The van der Waals surface area contributed by atoms with E-state index in [0.29, 0.717) is 6.61 Å². The van der Waals surface area contributed by atoms with Crippen molar-refractivity contribution in [2.45, 2.75) is 52.6 Å². The first kappa shape index (κ1) is 17.8. The zero-order valence-corrected chi connectivity index (χ0v) is 16.5. The largest absolute Gasteiger partial charge is 0.489 e. The smallest absolute Gasteiger partial charge is 0.123 e. The molecule has 1 nitrogen and oxygen atoms in total. The van der Waals surface area contributed by atoms with Crippen molar-refractivity contribution >= 4 is 13.3 Å². The first-order valence-electron chi connectivity index (χ1n) is 8.44. The van der Waals surface area contributed by atoms with Crippen LogP contribution in [0.1, 0.15) is 39.7 Å². The Labute approximate surface area is 142 Å². The predicted molar refractivity (Wildman–Crippen MR) is 104 cm³/mol.